The van der Waals surface area contributed by atoms with Crippen molar-refractivity contribution in [2.45, 2.75) is 41.5 Å². The Labute approximate surface area is 141 Å². The molecule has 2 rings (SSSR count). The van der Waals surface area contributed by atoms with Gasteiger partial charge in [-0.2, -0.15) is 0 Å². The minimum absolute atomic E-state index is 0.156. The number of nitrogens with one attached hydrogen (secondary N) is 2. The molecule has 0 fully saturated rings. The van der Waals surface area contributed by atoms with Gasteiger partial charge in [-0.15, -0.1) is 0 Å². The zero-order valence-electron chi connectivity index (χ0n) is 15.4. The van der Waals surface area contributed by atoms with Crippen LogP contribution >= 0.6 is 0 Å². The second-order valence-electron chi connectivity index (χ2n) is 7.40. The maximum absolute atomic E-state index is 3.65. The molecular weight excluding hydrogens is 280 g/mol. The predicted molar refractivity (Wildman–Crippen MR) is 103 cm³/mol. The number of aryl methyl sites for hydroxylation is 4. The molecule has 0 radical (unpaired) electrons. The fourth-order valence-corrected chi connectivity index (χ4v) is 2.90. The van der Waals surface area contributed by atoms with Crippen LogP contribution in [0.15, 0.2) is 36.4 Å². The number of hydrogen-bond donors (Lipinski definition) is 2. The molecule has 0 spiro atoms. The SMILES string of the molecule is Cc1cccc(C)c1NCC(C)(C)CNc1c(C)cccc1C. The Morgan fingerprint density at radius 1 is 0.652 bits per heavy atom. The molecule has 0 aliphatic rings. The van der Waals surface area contributed by atoms with Gasteiger partial charge in [-0.25, -0.2) is 0 Å². The van der Waals surface area contributed by atoms with Crippen LogP contribution in [0.3, 0.4) is 0 Å². The summed E-state index contributed by atoms with van der Waals surface area (Å²) in [5, 5.41) is 7.29. The monoisotopic (exact) mass is 310 g/mol. The maximum atomic E-state index is 3.65. The van der Waals surface area contributed by atoms with Crippen LogP contribution in [0.5, 0.6) is 0 Å². The van der Waals surface area contributed by atoms with Crippen LogP contribution in [0.25, 0.3) is 0 Å². The molecule has 23 heavy (non-hydrogen) atoms. The first-order valence-electron chi connectivity index (χ1n) is 8.40. The lowest BCUT2D eigenvalue weighted by Crippen LogP contribution is -2.31. The van der Waals surface area contributed by atoms with E-state index in [0.29, 0.717) is 0 Å². The van der Waals surface area contributed by atoms with Crippen molar-refractivity contribution in [3.63, 3.8) is 0 Å². The molecule has 0 aliphatic heterocycles. The normalized spacial score (nSPS) is 11.4. The molecule has 0 aromatic heterocycles. The highest BCUT2D eigenvalue weighted by atomic mass is 14.9. The summed E-state index contributed by atoms with van der Waals surface area (Å²) >= 11 is 0. The molecule has 0 unspecified atom stereocenters. The van der Waals surface area contributed by atoms with Crippen molar-refractivity contribution in [3.8, 4) is 0 Å². The Hall–Kier alpha value is -1.96. The van der Waals surface area contributed by atoms with Crippen molar-refractivity contribution in [1.82, 2.24) is 0 Å². The molecule has 0 bridgehead atoms. The largest absolute Gasteiger partial charge is 0.384 e. The highest BCUT2D eigenvalue weighted by Crippen LogP contribution is 2.25. The third kappa shape index (κ3) is 4.51. The molecule has 2 aromatic rings. The van der Waals surface area contributed by atoms with Gasteiger partial charge in [-0.05, 0) is 55.4 Å². The Kier molecular flexibility index (Phi) is 5.35. The Balaban J connectivity index is 2.00. The zero-order valence-corrected chi connectivity index (χ0v) is 15.4. The van der Waals surface area contributed by atoms with Gasteiger partial charge in [-0.1, -0.05) is 50.2 Å². The number of anilines is 2. The topological polar surface area (TPSA) is 24.1 Å². The third-order valence-corrected chi connectivity index (χ3v) is 4.45. The zero-order chi connectivity index (χ0) is 17.0. The smallest absolute Gasteiger partial charge is 0.0399 e. The number of hydrogen-bond acceptors (Lipinski definition) is 2. The number of benzene rings is 2. The third-order valence-electron chi connectivity index (χ3n) is 4.45. The lowest BCUT2D eigenvalue weighted by molar-refractivity contribution is 0.419. The van der Waals surface area contributed by atoms with Gasteiger partial charge in [0.2, 0.25) is 0 Å². The number of rotatable bonds is 6. The van der Waals surface area contributed by atoms with Gasteiger partial charge in [0.15, 0.2) is 0 Å². The highest BCUT2D eigenvalue weighted by molar-refractivity contribution is 5.58. The van der Waals surface area contributed by atoms with Crippen molar-refractivity contribution in [2.75, 3.05) is 23.7 Å². The molecule has 0 saturated carbocycles. The molecule has 124 valence electrons. The van der Waals surface area contributed by atoms with E-state index in [-0.39, 0.29) is 5.41 Å². The molecule has 0 saturated heterocycles. The summed E-state index contributed by atoms with van der Waals surface area (Å²) in [5.74, 6) is 0. The van der Waals surface area contributed by atoms with Crippen LogP contribution in [0.2, 0.25) is 0 Å². The van der Waals surface area contributed by atoms with Crippen molar-refractivity contribution >= 4 is 11.4 Å². The quantitative estimate of drug-likeness (QED) is 0.739. The van der Waals surface area contributed by atoms with Crippen LogP contribution in [0.4, 0.5) is 11.4 Å². The highest BCUT2D eigenvalue weighted by Gasteiger charge is 2.19. The van der Waals surface area contributed by atoms with E-state index in [1.54, 1.807) is 0 Å². The summed E-state index contributed by atoms with van der Waals surface area (Å²) in [6, 6.07) is 12.9. The van der Waals surface area contributed by atoms with E-state index < -0.39 is 0 Å². The molecular formula is C21H30N2. The van der Waals surface area contributed by atoms with Crippen LogP contribution in [-0.2, 0) is 0 Å². The van der Waals surface area contributed by atoms with Crippen molar-refractivity contribution in [1.29, 1.82) is 0 Å². The minimum Gasteiger partial charge on any atom is -0.384 e. The Bertz CT molecular complexity index is 574. The molecule has 0 heterocycles. The second kappa shape index (κ2) is 7.08. The van der Waals surface area contributed by atoms with Gasteiger partial charge in [0.25, 0.3) is 0 Å². The van der Waals surface area contributed by atoms with Gasteiger partial charge >= 0.3 is 0 Å². The second-order valence-corrected chi connectivity index (χ2v) is 7.40. The molecule has 2 heteroatoms. The summed E-state index contributed by atoms with van der Waals surface area (Å²) in [7, 11) is 0. The lowest BCUT2D eigenvalue weighted by atomic mass is 9.92. The Morgan fingerprint density at radius 3 is 1.26 bits per heavy atom. The molecule has 0 amide bonds. The van der Waals surface area contributed by atoms with E-state index in [2.05, 4.69) is 88.6 Å². The van der Waals surface area contributed by atoms with E-state index in [1.165, 1.54) is 33.6 Å². The van der Waals surface area contributed by atoms with Crippen molar-refractivity contribution in [2.24, 2.45) is 5.41 Å². The predicted octanol–water partition coefficient (Wildman–Crippen LogP) is 5.47. The molecule has 2 N–H and O–H groups in total. The fraction of sp³-hybridized carbons (Fsp3) is 0.429. The minimum atomic E-state index is 0.156. The molecule has 2 nitrogen and oxygen atoms in total. The first kappa shape index (κ1) is 17.4. The van der Waals surface area contributed by atoms with Gasteiger partial charge in [0.1, 0.15) is 0 Å². The van der Waals surface area contributed by atoms with Crippen LogP contribution < -0.4 is 10.6 Å². The van der Waals surface area contributed by atoms with E-state index in [9.17, 15) is 0 Å². The van der Waals surface area contributed by atoms with Crippen molar-refractivity contribution in [3.05, 3.63) is 58.7 Å². The van der Waals surface area contributed by atoms with E-state index >= 15 is 0 Å². The molecule has 0 aliphatic carbocycles. The summed E-state index contributed by atoms with van der Waals surface area (Å²) in [4.78, 5) is 0. The standard InChI is InChI=1S/C21H30N2/c1-15-9-7-10-16(2)19(15)22-13-21(5,6)14-23-20-17(3)11-8-12-18(20)4/h7-12,22-23H,13-14H2,1-6H3. The van der Waals surface area contributed by atoms with E-state index in [1.807, 2.05) is 0 Å². The van der Waals surface area contributed by atoms with Gasteiger partial charge < -0.3 is 10.6 Å². The van der Waals surface area contributed by atoms with Gasteiger partial charge in [0.05, 0.1) is 0 Å². The molecule has 2 aromatic carbocycles. The average molecular weight is 310 g/mol. The number of para-hydroxylation sites is 2. The molecule has 0 atom stereocenters. The first-order chi connectivity index (χ1) is 10.8. The van der Waals surface area contributed by atoms with Crippen molar-refractivity contribution < 1.29 is 0 Å². The Morgan fingerprint density at radius 2 is 0.957 bits per heavy atom. The summed E-state index contributed by atoms with van der Waals surface area (Å²) in [5.41, 5.74) is 7.93. The van der Waals surface area contributed by atoms with E-state index in [0.717, 1.165) is 13.1 Å². The maximum Gasteiger partial charge on any atom is 0.0399 e. The lowest BCUT2D eigenvalue weighted by Gasteiger charge is -2.28. The van der Waals surface area contributed by atoms with E-state index in [4.69, 9.17) is 0 Å². The summed E-state index contributed by atoms with van der Waals surface area (Å²) in [6.07, 6.45) is 0. The van der Waals surface area contributed by atoms with Crippen LogP contribution in [-0.4, -0.2) is 13.1 Å². The average Bonchev–Trinajstić information content (AvgIpc) is 2.46. The summed E-state index contributed by atoms with van der Waals surface area (Å²) in [6.45, 7) is 15.1. The van der Waals surface area contributed by atoms with Crippen LogP contribution in [0, 0.1) is 33.1 Å². The first-order valence-corrected chi connectivity index (χ1v) is 8.40. The summed E-state index contributed by atoms with van der Waals surface area (Å²) < 4.78 is 0. The van der Waals surface area contributed by atoms with Gasteiger partial charge in [0, 0.05) is 24.5 Å². The fourth-order valence-electron chi connectivity index (χ4n) is 2.90. The van der Waals surface area contributed by atoms with Crippen LogP contribution in [0.1, 0.15) is 36.1 Å². The van der Waals surface area contributed by atoms with Gasteiger partial charge in [-0.3, -0.25) is 0 Å².